The molecule has 2 bridgehead atoms. The minimum Gasteiger partial charge on any atom is -0.481 e. The van der Waals surface area contributed by atoms with E-state index in [9.17, 15) is 14.7 Å². The van der Waals surface area contributed by atoms with Crippen LogP contribution in [0, 0.1) is 23.7 Å². The van der Waals surface area contributed by atoms with Crippen LogP contribution >= 0.6 is 0 Å². The predicted molar refractivity (Wildman–Crippen MR) is 74.1 cm³/mol. The van der Waals surface area contributed by atoms with Crippen LogP contribution in [0.15, 0.2) is 12.2 Å². The molecule has 0 radical (unpaired) electrons. The van der Waals surface area contributed by atoms with E-state index in [4.69, 9.17) is 4.74 Å². The van der Waals surface area contributed by atoms with Gasteiger partial charge in [-0.25, -0.2) is 0 Å². The molecule has 2 unspecified atom stereocenters. The van der Waals surface area contributed by atoms with Gasteiger partial charge in [0.2, 0.25) is 5.91 Å². The van der Waals surface area contributed by atoms with Gasteiger partial charge < -0.3 is 15.2 Å². The van der Waals surface area contributed by atoms with E-state index in [-0.39, 0.29) is 17.7 Å². The molecule has 0 saturated heterocycles. The fourth-order valence-corrected chi connectivity index (χ4v) is 3.38. The molecule has 2 aliphatic rings. The third-order valence-electron chi connectivity index (χ3n) is 4.27. The van der Waals surface area contributed by atoms with Crippen LogP contribution in [0.5, 0.6) is 0 Å². The molecular formula is C15H23NO4. The highest BCUT2D eigenvalue weighted by atomic mass is 16.5. The second kappa shape index (κ2) is 5.56. The van der Waals surface area contributed by atoms with Crippen LogP contribution in [0.25, 0.3) is 0 Å². The molecule has 0 aliphatic heterocycles. The maximum Gasteiger partial charge on any atom is 0.307 e. The fraction of sp³-hybridized carbons (Fsp3) is 0.733. The van der Waals surface area contributed by atoms with Crippen LogP contribution < -0.4 is 5.32 Å². The molecule has 0 heterocycles. The normalized spacial score (nSPS) is 31.6. The van der Waals surface area contributed by atoms with E-state index in [0.717, 1.165) is 6.42 Å². The van der Waals surface area contributed by atoms with Crippen molar-refractivity contribution in [1.82, 2.24) is 5.32 Å². The quantitative estimate of drug-likeness (QED) is 0.722. The van der Waals surface area contributed by atoms with Crippen molar-refractivity contribution in [3.63, 3.8) is 0 Å². The first kappa shape index (κ1) is 15.0. The highest BCUT2D eigenvalue weighted by Gasteiger charge is 2.51. The Morgan fingerprint density at radius 3 is 2.45 bits per heavy atom. The number of carboxylic acids is 1. The Kier molecular flexibility index (Phi) is 4.18. The highest BCUT2D eigenvalue weighted by molar-refractivity contribution is 5.86. The van der Waals surface area contributed by atoms with Gasteiger partial charge in [-0.2, -0.15) is 0 Å². The van der Waals surface area contributed by atoms with Gasteiger partial charge in [0.1, 0.15) is 0 Å². The van der Waals surface area contributed by atoms with Gasteiger partial charge in [0.25, 0.3) is 0 Å². The number of rotatable bonds is 6. The monoisotopic (exact) mass is 281 g/mol. The number of nitrogens with one attached hydrogen (secondary N) is 1. The highest BCUT2D eigenvalue weighted by Crippen LogP contribution is 2.48. The Morgan fingerprint density at radius 1 is 1.30 bits per heavy atom. The first-order valence-corrected chi connectivity index (χ1v) is 7.18. The molecule has 4 atom stereocenters. The lowest BCUT2D eigenvalue weighted by Crippen LogP contribution is -2.46. The maximum atomic E-state index is 12.3. The minimum atomic E-state index is -0.869. The summed E-state index contributed by atoms with van der Waals surface area (Å²) in [6, 6.07) is 0. The smallest absolute Gasteiger partial charge is 0.307 e. The number of hydrogen-bond donors (Lipinski definition) is 2. The molecule has 1 fully saturated rings. The first-order chi connectivity index (χ1) is 9.35. The lowest BCUT2D eigenvalue weighted by atomic mass is 9.82. The summed E-state index contributed by atoms with van der Waals surface area (Å²) in [4.78, 5) is 23.7. The van der Waals surface area contributed by atoms with Gasteiger partial charge in [0, 0.05) is 13.2 Å². The minimum absolute atomic E-state index is 0.00755. The zero-order valence-corrected chi connectivity index (χ0v) is 12.3. The molecule has 0 aromatic carbocycles. The number of ether oxygens (including phenoxy) is 1. The Bertz CT molecular complexity index is 430. The number of fused-ring (bicyclic) bond motifs is 2. The van der Waals surface area contributed by atoms with Crippen molar-refractivity contribution in [2.45, 2.75) is 32.8 Å². The van der Waals surface area contributed by atoms with Crippen LogP contribution in [-0.2, 0) is 14.3 Å². The molecule has 112 valence electrons. The number of aliphatic carboxylic acids is 1. The Hall–Kier alpha value is -1.36. The van der Waals surface area contributed by atoms with Gasteiger partial charge >= 0.3 is 5.97 Å². The lowest BCUT2D eigenvalue weighted by molar-refractivity contribution is -0.148. The summed E-state index contributed by atoms with van der Waals surface area (Å²) >= 11 is 0. The van der Waals surface area contributed by atoms with Gasteiger partial charge in [-0.1, -0.05) is 12.2 Å². The average Bonchev–Trinajstić information content (AvgIpc) is 2.95. The second-order valence-electron chi connectivity index (χ2n) is 6.25. The van der Waals surface area contributed by atoms with Crippen LogP contribution in [0.1, 0.15) is 27.2 Å². The van der Waals surface area contributed by atoms with Crippen molar-refractivity contribution in [1.29, 1.82) is 0 Å². The van der Waals surface area contributed by atoms with E-state index in [1.54, 1.807) is 0 Å². The summed E-state index contributed by atoms with van der Waals surface area (Å²) in [7, 11) is 0. The molecule has 5 nitrogen and oxygen atoms in total. The van der Waals surface area contributed by atoms with E-state index >= 15 is 0 Å². The van der Waals surface area contributed by atoms with Gasteiger partial charge in [-0.15, -0.1) is 0 Å². The van der Waals surface area contributed by atoms with E-state index in [1.165, 1.54) is 0 Å². The third-order valence-corrected chi connectivity index (χ3v) is 4.27. The Balaban J connectivity index is 1.99. The lowest BCUT2D eigenvalue weighted by Gasteiger charge is -2.28. The summed E-state index contributed by atoms with van der Waals surface area (Å²) < 4.78 is 5.53. The van der Waals surface area contributed by atoms with Crippen molar-refractivity contribution >= 4 is 11.9 Å². The first-order valence-electron chi connectivity index (χ1n) is 7.18. The molecule has 1 amide bonds. The fourth-order valence-electron chi connectivity index (χ4n) is 3.38. The topological polar surface area (TPSA) is 75.6 Å². The van der Waals surface area contributed by atoms with E-state index in [2.05, 4.69) is 5.32 Å². The summed E-state index contributed by atoms with van der Waals surface area (Å²) in [5, 5.41) is 12.2. The molecule has 0 spiro atoms. The van der Waals surface area contributed by atoms with Gasteiger partial charge in [0.05, 0.1) is 17.4 Å². The summed E-state index contributed by atoms with van der Waals surface area (Å²) in [6.07, 6.45) is 4.71. The van der Waals surface area contributed by atoms with Crippen molar-refractivity contribution in [3.8, 4) is 0 Å². The predicted octanol–water partition coefficient (Wildman–Crippen LogP) is 1.44. The third kappa shape index (κ3) is 2.87. The molecule has 1 saturated carbocycles. The number of carbonyl (C=O) groups is 2. The maximum absolute atomic E-state index is 12.3. The number of amides is 1. The molecule has 2 rings (SSSR count). The number of carbonyl (C=O) groups excluding carboxylic acids is 1. The van der Waals surface area contributed by atoms with Crippen molar-refractivity contribution < 1.29 is 19.4 Å². The van der Waals surface area contributed by atoms with Crippen molar-refractivity contribution in [2.24, 2.45) is 23.7 Å². The number of carboxylic acid groups (broad SMARTS) is 1. The van der Waals surface area contributed by atoms with Gasteiger partial charge in [-0.3, -0.25) is 9.59 Å². The molecular weight excluding hydrogens is 258 g/mol. The Morgan fingerprint density at radius 2 is 1.90 bits per heavy atom. The van der Waals surface area contributed by atoms with Crippen molar-refractivity contribution in [2.75, 3.05) is 13.2 Å². The van der Waals surface area contributed by atoms with Gasteiger partial charge in [0.15, 0.2) is 0 Å². The molecule has 2 aliphatic carbocycles. The molecule has 2 N–H and O–H groups in total. The molecule has 5 heteroatoms. The number of allylic oxidation sites excluding steroid dienone is 2. The van der Waals surface area contributed by atoms with Crippen LogP contribution in [-0.4, -0.2) is 35.7 Å². The van der Waals surface area contributed by atoms with Crippen LogP contribution in [0.2, 0.25) is 0 Å². The van der Waals surface area contributed by atoms with Crippen LogP contribution in [0.4, 0.5) is 0 Å². The van der Waals surface area contributed by atoms with Crippen molar-refractivity contribution in [3.05, 3.63) is 12.2 Å². The largest absolute Gasteiger partial charge is 0.481 e. The number of hydrogen-bond acceptors (Lipinski definition) is 3. The second-order valence-corrected chi connectivity index (χ2v) is 6.25. The zero-order chi connectivity index (χ0) is 14.9. The Labute approximate surface area is 119 Å². The molecule has 0 aromatic heterocycles. The van der Waals surface area contributed by atoms with Gasteiger partial charge in [-0.05, 0) is 39.0 Å². The van der Waals surface area contributed by atoms with E-state index in [0.29, 0.717) is 13.2 Å². The van der Waals surface area contributed by atoms with E-state index in [1.807, 2.05) is 32.9 Å². The molecule has 0 aromatic rings. The summed E-state index contributed by atoms with van der Waals surface area (Å²) in [5.74, 6) is -1.99. The van der Waals surface area contributed by atoms with E-state index < -0.39 is 23.4 Å². The summed E-state index contributed by atoms with van der Waals surface area (Å²) in [5.41, 5.74) is -0.434. The summed E-state index contributed by atoms with van der Waals surface area (Å²) in [6.45, 7) is 6.70. The SMILES string of the molecule is CCOC(C)(C)CNC(=O)[C@H]1C2C=CC(C2)[C@H]1C(=O)O. The van der Waals surface area contributed by atoms with Crippen LogP contribution in [0.3, 0.4) is 0 Å². The zero-order valence-electron chi connectivity index (χ0n) is 12.3. The molecule has 20 heavy (non-hydrogen) atoms. The average molecular weight is 281 g/mol. The standard InChI is InChI=1S/C15H23NO4/c1-4-20-15(2,3)8-16-13(17)11-9-5-6-10(7-9)12(11)14(18)19/h5-6,9-12H,4,7-8H2,1-3H3,(H,16,17)(H,18,19)/t9?,10?,11-,12+/m0/s1.